The zero-order chi connectivity index (χ0) is 28.3. The highest BCUT2D eigenvalue weighted by Gasteiger charge is 2.39. The second-order valence-corrected chi connectivity index (χ2v) is 11.2. The quantitative estimate of drug-likeness (QED) is 0.159. The van der Waals surface area contributed by atoms with Crippen molar-refractivity contribution in [2.75, 3.05) is 19.6 Å². The first-order chi connectivity index (χ1) is 17.6. The van der Waals surface area contributed by atoms with Gasteiger partial charge in [-0.1, -0.05) is 69.0 Å². The normalized spacial score (nSPS) is 16.8. The number of piperidine rings is 1. The number of hydrogen-bond donors (Lipinski definition) is 0. The highest BCUT2D eigenvalue weighted by molar-refractivity contribution is 9.10. The van der Waals surface area contributed by atoms with Gasteiger partial charge in [0.2, 0.25) is 0 Å². The predicted molar refractivity (Wildman–Crippen MR) is 142 cm³/mol. The molecule has 3 rings (SSSR count). The maximum atomic E-state index is 13.8. The third kappa shape index (κ3) is 8.88. The Labute approximate surface area is 240 Å². The van der Waals surface area contributed by atoms with E-state index in [-0.39, 0.29) is 45.3 Å². The Balaban J connectivity index is 1.65. The number of nitrogens with zero attached hydrogens (tertiary/aromatic N) is 1. The molecule has 1 unspecified atom stereocenters. The Bertz CT molecular complexity index is 1150. The molecule has 2 aromatic carbocycles. The van der Waals surface area contributed by atoms with Crippen LogP contribution in [-0.4, -0.2) is 42.7 Å². The van der Waals surface area contributed by atoms with Crippen molar-refractivity contribution >= 4 is 62.6 Å². The van der Waals surface area contributed by atoms with Gasteiger partial charge in [0, 0.05) is 23.0 Å². The fourth-order valence-corrected chi connectivity index (χ4v) is 5.53. The largest absolute Gasteiger partial charge is 0.399 e. The number of likely N-dealkylation sites (tertiary alicyclic amines) is 1. The van der Waals surface area contributed by atoms with E-state index in [2.05, 4.69) is 15.9 Å². The molecule has 0 spiro atoms. The SMILES string of the molecule is O=C(CC1CCN(CCC(F)(F)F)CC1)c1ccc(/C=C/C(c2cc(Cl)c(Cl)c(Cl)c2)C(F)(F)F)cc1Br. The molecule has 1 aliphatic rings. The summed E-state index contributed by atoms with van der Waals surface area (Å²) < 4.78 is 79.1. The standard InChI is InChI=1S/C26H23BrCl3F6NO/c27-20-11-15(2-4-19(26(34,35)36)17-13-21(28)24(30)22(29)14-17)1-3-18(20)23(38)12-16-5-8-37(9-6-16)10-7-25(31,32)33/h1-4,11,13-14,16,19H,5-10,12H2/b4-2+. The van der Waals surface area contributed by atoms with Gasteiger partial charge in [-0.3, -0.25) is 4.79 Å². The summed E-state index contributed by atoms with van der Waals surface area (Å²) in [7, 11) is 0. The van der Waals surface area contributed by atoms with Crippen LogP contribution in [0.4, 0.5) is 26.3 Å². The van der Waals surface area contributed by atoms with Crippen LogP contribution >= 0.6 is 50.7 Å². The van der Waals surface area contributed by atoms with Gasteiger partial charge in [-0.15, -0.1) is 0 Å². The number of carbonyl (C=O) groups excluding carboxylic acids is 1. The van der Waals surface area contributed by atoms with Crippen LogP contribution in [-0.2, 0) is 0 Å². The van der Waals surface area contributed by atoms with E-state index in [4.69, 9.17) is 34.8 Å². The molecule has 0 saturated carbocycles. The Morgan fingerprint density at radius 2 is 1.63 bits per heavy atom. The zero-order valence-electron chi connectivity index (χ0n) is 19.8. The highest BCUT2D eigenvalue weighted by Crippen LogP contribution is 2.41. The lowest BCUT2D eigenvalue weighted by atomic mass is 9.89. The van der Waals surface area contributed by atoms with E-state index in [0.29, 0.717) is 41.5 Å². The first kappa shape index (κ1) is 31.3. The van der Waals surface area contributed by atoms with Crippen molar-refractivity contribution in [3.8, 4) is 0 Å². The molecule has 0 aromatic heterocycles. The maximum Gasteiger partial charge on any atom is 0.399 e. The summed E-state index contributed by atoms with van der Waals surface area (Å²) in [5, 5.41) is -0.206. The smallest absolute Gasteiger partial charge is 0.303 e. The lowest BCUT2D eigenvalue weighted by Crippen LogP contribution is -2.36. The fourth-order valence-electron chi connectivity index (χ4n) is 4.30. The van der Waals surface area contributed by atoms with Gasteiger partial charge in [-0.05, 0) is 67.2 Å². The maximum absolute atomic E-state index is 13.8. The van der Waals surface area contributed by atoms with Crippen LogP contribution in [0.15, 0.2) is 40.9 Å². The van der Waals surface area contributed by atoms with Gasteiger partial charge < -0.3 is 4.90 Å². The van der Waals surface area contributed by atoms with Gasteiger partial charge in [0.1, 0.15) is 0 Å². The van der Waals surface area contributed by atoms with Crippen molar-refractivity contribution in [2.24, 2.45) is 5.92 Å². The number of alkyl halides is 6. The van der Waals surface area contributed by atoms with Crippen LogP contribution in [0.1, 0.15) is 53.1 Å². The van der Waals surface area contributed by atoms with Gasteiger partial charge in [0.05, 0.1) is 27.4 Å². The van der Waals surface area contributed by atoms with E-state index in [0.717, 1.165) is 18.2 Å². The lowest BCUT2D eigenvalue weighted by molar-refractivity contribution is -0.140. The molecule has 0 bridgehead atoms. The van der Waals surface area contributed by atoms with Crippen LogP contribution in [0.25, 0.3) is 6.08 Å². The average Bonchev–Trinajstić information content (AvgIpc) is 2.80. The summed E-state index contributed by atoms with van der Waals surface area (Å²) in [5.41, 5.74) is 0.667. The predicted octanol–water partition coefficient (Wildman–Crippen LogP) is 10.0. The molecule has 12 heteroatoms. The third-order valence-corrected chi connectivity index (χ3v) is 8.24. The van der Waals surface area contributed by atoms with E-state index in [9.17, 15) is 31.1 Å². The summed E-state index contributed by atoms with van der Waals surface area (Å²) >= 11 is 21.0. The Kier molecular flexibility index (Phi) is 10.6. The molecule has 1 fully saturated rings. The number of carbonyl (C=O) groups is 1. The molecule has 0 amide bonds. The van der Waals surface area contributed by atoms with E-state index in [1.807, 2.05) is 0 Å². The number of Topliss-reactive ketones (excluding diaryl/α,β-unsaturated/α-hetero) is 1. The Hall–Kier alpha value is -1.26. The van der Waals surface area contributed by atoms with Crippen LogP contribution in [0, 0.1) is 5.92 Å². The molecule has 2 aromatic rings. The zero-order valence-corrected chi connectivity index (χ0v) is 23.6. The topological polar surface area (TPSA) is 20.3 Å². The van der Waals surface area contributed by atoms with Crippen molar-refractivity contribution < 1.29 is 31.1 Å². The van der Waals surface area contributed by atoms with Crippen LogP contribution in [0.5, 0.6) is 0 Å². The summed E-state index contributed by atoms with van der Waals surface area (Å²) in [6.45, 7) is 0.963. The van der Waals surface area contributed by atoms with Crippen LogP contribution in [0.2, 0.25) is 15.1 Å². The van der Waals surface area contributed by atoms with Crippen LogP contribution < -0.4 is 0 Å². The first-order valence-corrected chi connectivity index (χ1v) is 13.6. The molecule has 1 heterocycles. The molecule has 0 N–H and O–H groups in total. The van der Waals surface area contributed by atoms with Gasteiger partial charge in [0.15, 0.2) is 5.78 Å². The van der Waals surface area contributed by atoms with Gasteiger partial charge in [0.25, 0.3) is 0 Å². The second-order valence-electron chi connectivity index (χ2n) is 9.19. The number of hydrogen-bond acceptors (Lipinski definition) is 2. The minimum Gasteiger partial charge on any atom is -0.303 e. The third-order valence-electron chi connectivity index (χ3n) is 6.39. The monoisotopic (exact) mass is 663 g/mol. The van der Waals surface area contributed by atoms with E-state index >= 15 is 0 Å². The number of allylic oxidation sites excluding steroid dienone is 1. The first-order valence-electron chi connectivity index (χ1n) is 11.6. The van der Waals surface area contributed by atoms with Crippen molar-refractivity contribution in [1.82, 2.24) is 4.90 Å². The van der Waals surface area contributed by atoms with E-state index in [1.165, 1.54) is 6.08 Å². The van der Waals surface area contributed by atoms with Crippen molar-refractivity contribution in [1.29, 1.82) is 0 Å². The number of halogens is 10. The summed E-state index contributed by atoms with van der Waals surface area (Å²) in [6, 6.07) is 6.89. The molecule has 208 valence electrons. The van der Waals surface area contributed by atoms with Gasteiger partial charge >= 0.3 is 12.4 Å². The van der Waals surface area contributed by atoms with Crippen molar-refractivity contribution in [2.45, 2.75) is 44.0 Å². The van der Waals surface area contributed by atoms with Crippen molar-refractivity contribution in [3.05, 3.63) is 72.6 Å². The number of ketones is 1. The van der Waals surface area contributed by atoms with Crippen molar-refractivity contribution in [3.63, 3.8) is 0 Å². The Morgan fingerprint density at radius 1 is 1.03 bits per heavy atom. The molecule has 1 aliphatic heterocycles. The molecule has 1 atom stereocenters. The second kappa shape index (κ2) is 12.9. The summed E-state index contributed by atoms with van der Waals surface area (Å²) in [5.74, 6) is -2.07. The fraction of sp³-hybridized carbons (Fsp3) is 0.423. The molecular formula is C26H23BrCl3F6NO. The minimum atomic E-state index is -4.62. The minimum absolute atomic E-state index is 0.0295. The number of benzene rings is 2. The molecular weight excluding hydrogens is 643 g/mol. The molecule has 38 heavy (non-hydrogen) atoms. The number of rotatable bonds is 8. The summed E-state index contributed by atoms with van der Waals surface area (Å²) in [4.78, 5) is 14.6. The molecule has 0 aliphatic carbocycles. The van der Waals surface area contributed by atoms with Gasteiger partial charge in [-0.2, -0.15) is 26.3 Å². The average molecular weight is 666 g/mol. The van der Waals surface area contributed by atoms with Crippen LogP contribution in [0.3, 0.4) is 0 Å². The van der Waals surface area contributed by atoms with E-state index in [1.54, 1.807) is 23.1 Å². The summed E-state index contributed by atoms with van der Waals surface area (Å²) in [6.07, 6.45) is -5.89. The van der Waals surface area contributed by atoms with Gasteiger partial charge in [-0.25, -0.2) is 0 Å². The molecule has 0 radical (unpaired) electrons. The Morgan fingerprint density at radius 3 is 2.16 bits per heavy atom. The molecule has 2 nitrogen and oxygen atoms in total. The lowest BCUT2D eigenvalue weighted by Gasteiger charge is -2.31. The molecule has 1 saturated heterocycles. The highest BCUT2D eigenvalue weighted by atomic mass is 79.9. The van der Waals surface area contributed by atoms with E-state index < -0.39 is 24.7 Å².